The Bertz CT molecular complexity index is 1280. The second kappa shape index (κ2) is 8.26. The number of aryl methyl sites for hydroxylation is 2. The Kier molecular flexibility index (Phi) is 5.43. The maximum absolute atomic E-state index is 13.4. The summed E-state index contributed by atoms with van der Waals surface area (Å²) in [6.45, 7) is 1.58. The lowest BCUT2D eigenvalue weighted by molar-refractivity contribution is 0.0950. The molecule has 3 aromatic rings. The number of anilines is 1. The molecule has 0 saturated heterocycles. The molecule has 9 heteroatoms. The summed E-state index contributed by atoms with van der Waals surface area (Å²) in [6, 6.07) is 11.8. The summed E-state index contributed by atoms with van der Waals surface area (Å²) in [4.78, 5) is 17.3. The number of amides is 1. The highest BCUT2D eigenvalue weighted by molar-refractivity contribution is 7.93. The smallest absolute Gasteiger partial charge is 0.265 e. The molecular weight excluding hydrogens is 448 g/mol. The normalized spacial score (nSPS) is 15.3. The first-order chi connectivity index (χ1) is 15.4. The van der Waals surface area contributed by atoms with Crippen molar-refractivity contribution in [2.24, 2.45) is 0 Å². The monoisotopic (exact) mass is 470 g/mol. The van der Waals surface area contributed by atoms with Crippen LogP contribution in [0.25, 0.3) is 0 Å². The number of hydrogen-bond acceptors (Lipinski definition) is 4. The lowest BCUT2D eigenvalue weighted by atomic mass is 10.2. The summed E-state index contributed by atoms with van der Waals surface area (Å²) in [5, 5.41) is 2.93. The van der Waals surface area contributed by atoms with Crippen LogP contribution in [-0.4, -0.2) is 30.4 Å². The van der Waals surface area contributed by atoms with Crippen LogP contribution in [0.4, 0.5) is 5.69 Å². The Labute approximate surface area is 192 Å². The molecule has 1 N–H and O–H groups in total. The molecule has 5 rings (SSSR count). The van der Waals surface area contributed by atoms with E-state index in [4.69, 9.17) is 11.6 Å². The summed E-state index contributed by atoms with van der Waals surface area (Å²) >= 11 is 6.27. The fourth-order valence-electron chi connectivity index (χ4n) is 4.35. The number of hydrogen-bond donors (Lipinski definition) is 1. The number of rotatable bonds is 5. The van der Waals surface area contributed by atoms with E-state index in [0.29, 0.717) is 18.7 Å². The highest BCUT2D eigenvalue weighted by atomic mass is 35.5. The zero-order valence-corrected chi connectivity index (χ0v) is 19.0. The van der Waals surface area contributed by atoms with E-state index >= 15 is 0 Å². The van der Waals surface area contributed by atoms with Gasteiger partial charge in [-0.25, -0.2) is 13.4 Å². The molecule has 1 aromatic heterocycles. The van der Waals surface area contributed by atoms with Crippen LogP contribution in [0.15, 0.2) is 53.6 Å². The van der Waals surface area contributed by atoms with E-state index in [1.165, 1.54) is 22.5 Å². The minimum Gasteiger partial charge on any atom is -0.346 e. The van der Waals surface area contributed by atoms with Gasteiger partial charge < -0.3 is 9.88 Å². The predicted molar refractivity (Wildman–Crippen MR) is 122 cm³/mol. The quantitative estimate of drug-likeness (QED) is 0.618. The molecule has 0 saturated carbocycles. The number of imidazole rings is 1. The van der Waals surface area contributed by atoms with Crippen LogP contribution in [-0.2, 0) is 36.0 Å². The van der Waals surface area contributed by atoms with Gasteiger partial charge in [-0.3, -0.25) is 9.10 Å². The SMILES string of the molecule is O=C(NCc1cn2c(n1)CCCC2)c1ccc(Cl)c(S(=O)(=O)N2CCc3ccccc32)c1. The van der Waals surface area contributed by atoms with Gasteiger partial charge in [-0.05, 0) is 49.1 Å². The zero-order chi connectivity index (χ0) is 22.3. The molecule has 0 atom stereocenters. The summed E-state index contributed by atoms with van der Waals surface area (Å²) in [6.07, 6.45) is 5.83. The van der Waals surface area contributed by atoms with E-state index in [0.717, 1.165) is 42.9 Å². The predicted octanol–water partition coefficient (Wildman–Crippen LogP) is 3.55. The van der Waals surface area contributed by atoms with Gasteiger partial charge in [-0.2, -0.15) is 0 Å². The van der Waals surface area contributed by atoms with Crippen molar-refractivity contribution >= 4 is 33.2 Å². The van der Waals surface area contributed by atoms with Crippen LogP contribution in [0.2, 0.25) is 5.02 Å². The molecule has 166 valence electrons. The van der Waals surface area contributed by atoms with E-state index in [1.807, 2.05) is 24.4 Å². The zero-order valence-electron chi connectivity index (χ0n) is 17.4. The lowest BCUT2D eigenvalue weighted by Gasteiger charge is -2.20. The highest BCUT2D eigenvalue weighted by Gasteiger charge is 2.32. The van der Waals surface area contributed by atoms with Gasteiger partial charge in [0.15, 0.2) is 0 Å². The van der Waals surface area contributed by atoms with Crippen molar-refractivity contribution in [1.82, 2.24) is 14.9 Å². The van der Waals surface area contributed by atoms with Gasteiger partial charge in [0.1, 0.15) is 10.7 Å². The minimum absolute atomic E-state index is 0.0685. The minimum atomic E-state index is -3.90. The first-order valence-corrected chi connectivity index (χ1v) is 12.5. The molecule has 1 amide bonds. The summed E-state index contributed by atoms with van der Waals surface area (Å²) < 4.78 is 30.3. The number of carbonyl (C=O) groups is 1. The Balaban J connectivity index is 1.36. The third kappa shape index (κ3) is 3.78. The van der Waals surface area contributed by atoms with Crippen molar-refractivity contribution in [3.05, 3.63) is 76.3 Å². The summed E-state index contributed by atoms with van der Waals surface area (Å²) in [5.74, 6) is 0.678. The van der Waals surface area contributed by atoms with E-state index < -0.39 is 10.0 Å². The second-order valence-corrected chi connectivity index (χ2v) is 10.3. The third-order valence-corrected chi connectivity index (χ3v) is 8.29. The number of halogens is 1. The van der Waals surface area contributed by atoms with Gasteiger partial charge in [-0.1, -0.05) is 29.8 Å². The molecule has 0 unspecified atom stereocenters. The number of fused-ring (bicyclic) bond motifs is 2. The topological polar surface area (TPSA) is 84.3 Å². The van der Waals surface area contributed by atoms with Crippen molar-refractivity contribution in [2.45, 2.75) is 43.7 Å². The number of nitrogens with zero attached hydrogens (tertiary/aromatic N) is 3. The molecule has 3 heterocycles. The number of carbonyl (C=O) groups excluding carboxylic acids is 1. The number of benzene rings is 2. The maximum atomic E-state index is 13.4. The van der Waals surface area contributed by atoms with Gasteiger partial charge in [0.2, 0.25) is 0 Å². The molecule has 32 heavy (non-hydrogen) atoms. The molecule has 7 nitrogen and oxygen atoms in total. The van der Waals surface area contributed by atoms with Gasteiger partial charge >= 0.3 is 0 Å². The fraction of sp³-hybridized carbons (Fsp3) is 0.304. The number of para-hydroxylation sites is 1. The van der Waals surface area contributed by atoms with Crippen molar-refractivity contribution in [2.75, 3.05) is 10.8 Å². The largest absolute Gasteiger partial charge is 0.346 e. The molecule has 0 spiro atoms. The highest BCUT2D eigenvalue weighted by Crippen LogP contribution is 2.35. The van der Waals surface area contributed by atoms with Gasteiger partial charge in [0, 0.05) is 31.3 Å². The van der Waals surface area contributed by atoms with E-state index in [1.54, 1.807) is 6.07 Å². The molecule has 2 aliphatic rings. The molecule has 0 aliphatic carbocycles. The second-order valence-electron chi connectivity index (χ2n) is 8.08. The van der Waals surface area contributed by atoms with Gasteiger partial charge in [0.05, 0.1) is 22.9 Å². The number of nitrogens with one attached hydrogen (secondary N) is 1. The molecular formula is C23H23ClN4O3S. The lowest BCUT2D eigenvalue weighted by Crippen LogP contribution is -2.30. The maximum Gasteiger partial charge on any atom is 0.265 e. The Hall–Kier alpha value is -2.84. The molecule has 0 fully saturated rings. The van der Waals surface area contributed by atoms with E-state index in [2.05, 4.69) is 14.9 Å². The first-order valence-electron chi connectivity index (χ1n) is 10.7. The van der Waals surface area contributed by atoms with Gasteiger partial charge in [0.25, 0.3) is 15.9 Å². The Morgan fingerprint density at radius 3 is 2.78 bits per heavy atom. The number of sulfonamides is 1. The van der Waals surface area contributed by atoms with E-state index in [-0.39, 0.29) is 27.9 Å². The van der Waals surface area contributed by atoms with Crippen molar-refractivity contribution in [3.8, 4) is 0 Å². The van der Waals surface area contributed by atoms with Gasteiger partial charge in [-0.15, -0.1) is 0 Å². The third-order valence-electron chi connectivity index (χ3n) is 5.99. The molecule has 0 radical (unpaired) electrons. The van der Waals surface area contributed by atoms with Crippen LogP contribution < -0.4 is 9.62 Å². The molecule has 2 aliphatic heterocycles. The van der Waals surface area contributed by atoms with E-state index in [9.17, 15) is 13.2 Å². The fourth-order valence-corrected chi connectivity index (χ4v) is 6.35. The van der Waals surface area contributed by atoms with Crippen LogP contribution in [0, 0.1) is 0 Å². The van der Waals surface area contributed by atoms with Crippen molar-refractivity contribution < 1.29 is 13.2 Å². The average Bonchev–Trinajstić information content (AvgIpc) is 3.42. The van der Waals surface area contributed by atoms with Crippen molar-refractivity contribution in [1.29, 1.82) is 0 Å². The van der Waals surface area contributed by atoms with Crippen LogP contribution >= 0.6 is 11.6 Å². The Morgan fingerprint density at radius 1 is 1.09 bits per heavy atom. The number of aromatic nitrogens is 2. The first kappa shape index (κ1) is 21.0. The van der Waals surface area contributed by atoms with Crippen LogP contribution in [0.1, 0.15) is 40.3 Å². The summed E-state index contributed by atoms with van der Waals surface area (Å²) in [7, 11) is -3.90. The summed E-state index contributed by atoms with van der Waals surface area (Å²) in [5.41, 5.74) is 2.67. The average molecular weight is 471 g/mol. The van der Waals surface area contributed by atoms with Crippen LogP contribution in [0.3, 0.4) is 0 Å². The van der Waals surface area contributed by atoms with Crippen LogP contribution in [0.5, 0.6) is 0 Å². The van der Waals surface area contributed by atoms with Crippen molar-refractivity contribution in [3.63, 3.8) is 0 Å². The molecule has 2 aromatic carbocycles. The molecule has 0 bridgehead atoms. The standard InChI is InChI=1S/C23H23ClN4O3S/c24-19-9-8-17(23(29)25-14-18-15-27-11-4-3-7-22(27)26-18)13-21(19)32(30,31)28-12-10-16-5-1-2-6-20(16)28/h1-2,5-6,8-9,13,15H,3-4,7,10-12,14H2,(H,25,29). The Morgan fingerprint density at radius 2 is 1.94 bits per heavy atom.